The van der Waals surface area contributed by atoms with Crippen molar-refractivity contribution in [1.29, 1.82) is 0 Å². The second-order valence-corrected chi connectivity index (χ2v) is 17.9. The molecule has 0 saturated carbocycles. The van der Waals surface area contributed by atoms with Crippen molar-refractivity contribution in [3.8, 4) is 55.9 Å². The van der Waals surface area contributed by atoms with Gasteiger partial charge in [0.2, 0.25) is 0 Å². The molecular formula is C66H42N2. The zero-order valence-corrected chi connectivity index (χ0v) is 37.1. The van der Waals surface area contributed by atoms with Crippen molar-refractivity contribution in [2.75, 3.05) is 0 Å². The molecule has 0 spiro atoms. The molecule has 2 nitrogen and oxygen atoms in total. The van der Waals surface area contributed by atoms with Crippen LogP contribution in [0, 0.1) is 0 Å². The molecule has 0 aliphatic carbocycles. The Bertz CT molecular complexity index is 4080. The highest BCUT2D eigenvalue weighted by molar-refractivity contribution is 6.25. The number of para-hydroxylation sites is 4. The van der Waals surface area contributed by atoms with Crippen molar-refractivity contribution in [3.63, 3.8) is 0 Å². The third kappa shape index (κ3) is 5.78. The van der Waals surface area contributed by atoms with Crippen LogP contribution in [0.4, 0.5) is 0 Å². The molecule has 316 valence electrons. The Balaban J connectivity index is 1.14. The Hall–Kier alpha value is -8.98. The molecule has 0 radical (unpaired) electrons. The largest absolute Gasteiger partial charge is 0.309 e. The Labute approximate surface area is 393 Å². The van der Waals surface area contributed by atoms with Gasteiger partial charge in [0.25, 0.3) is 0 Å². The molecule has 0 bridgehead atoms. The number of aromatic nitrogens is 2. The van der Waals surface area contributed by atoms with Gasteiger partial charge in [0.1, 0.15) is 0 Å². The van der Waals surface area contributed by atoms with Crippen LogP contribution in [-0.2, 0) is 0 Å². The van der Waals surface area contributed by atoms with E-state index in [1.807, 2.05) is 0 Å². The van der Waals surface area contributed by atoms with Crippen LogP contribution in [0.15, 0.2) is 255 Å². The fraction of sp³-hybridized carbons (Fsp3) is 0. The maximum absolute atomic E-state index is 2.51. The Morgan fingerprint density at radius 3 is 1.12 bits per heavy atom. The molecule has 2 heterocycles. The van der Waals surface area contributed by atoms with E-state index in [1.165, 1.54) is 120 Å². The molecule has 2 aromatic heterocycles. The van der Waals surface area contributed by atoms with Gasteiger partial charge in [0.15, 0.2) is 0 Å². The van der Waals surface area contributed by atoms with Crippen LogP contribution in [-0.4, -0.2) is 9.13 Å². The predicted molar refractivity (Wildman–Crippen MR) is 289 cm³/mol. The Morgan fingerprint density at radius 1 is 0.221 bits per heavy atom. The normalized spacial score (nSPS) is 11.8. The van der Waals surface area contributed by atoms with Crippen LogP contribution >= 0.6 is 0 Å². The highest BCUT2D eigenvalue weighted by Crippen LogP contribution is 2.49. The zero-order chi connectivity index (χ0) is 44.7. The van der Waals surface area contributed by atoms with Crippen molar-refractivity contribution in [2.45, 2.75) is 0 Å². The summed E-state index contributed by atoms with van der Waals surface area (Å²) in [6.45, 7) is 0. The van der Waals surface area contributed by atoms with Gasteiger partial charge >= 0.3 is 0 Å². The molecule has 0 atom stereocenters. The molecule has 0 amide bonds. The first kappa shape index (κ1) is 38.3. The first-order valence-corrected chi connectivity index (χ1v) is 23.5. The van der Waals surface area contributed by atoms with Crippen molar-refractivity contribution in [2.24, 2.45) is 0 Å². The quantitative estimate of drug-likeness (QED) is 0.147. The van der Waals surface area contributed by atoms with Crippen molar-refractivity contribution in [3.05, 3.63) is 255 Å². The molecule has 2 heteroatoms. The smallest absolute Gasteiger partial charge is 0.0547 e. The van der Waals surface area contributed by atoms with E-state index in [9.17, 15) is 0 Å². The highest BCUT2D eigenvalue weighted by atomic mass is 15.0. The SMILES string of the molecule is c1ccc(-c2cc3ccccc3cc2-c2c3cccc(-c4cccc5c4c4ccccc4n5-c4ccccc4)c3cc3c(-c4cccc5c4c4ccccc4n5-c4ccccc4)cccc23)cc1. The van der Waals surface area contributed by atoms with Crippen LogP contribution in [0.5, 0.6) is 0 Å². The average Bonchev–Trinajstić information content (AvgIpc) is 3.94. The third-order valence-corrected chi connectivity index (χ3v) is 14.3. The molecule has 0 fully saturated rings. The second-order valence-electron chi connectivity index (χ2n) is 17.9. The number of hydrogen-bond acceptors (Lipinski definition) is 0. The molecule has 0 unspecified atom stereocenters. The maximum atomic E-state index is 2.51. The Morgan fingerprint density at radius 2 is 0.603 bits per heavy atom. The number of rotatable bonds is 6. The molecule has 68 heavy (non-hydrogen) atoms. The van der Waals surface area contributed by atoms with E-state index < -0.39 is 0 Å². The standard InChI is InChI=1S/C66H42N2/c1-4-20-43(21-5-1)56-40-44-22-10-11-23-45(44)41-59(56)64-52-32-16-30-48(50-34-18-38-62-65(50)54-28-12-14-36-60(54)67(62)46-24-6-2-7-25-46)57(52)42-58-49(31-17-33-53(58)64)51-35-19-39-63-66(51)55-29-13-15-37-61(55)68(63)47-26-8-3-9-27-47/h1-42H. The van der Waals surface area contributed by atoms with Gasteiger partial charge in [-0.2, -0.15) is 0 Å². The number of hydrogen-bond donors (Lipinski definition) is 0. The van der Waals surface area contributed by atoms with E-state index >= 15 is 0 Å². The highest BCUT2D eigenvalue weighted by Gasteiger charge is 2.23. The van der Waals surface area contributed by atoms with Crippen LogP contribution in [0.3, 0.4) is 0 Å². The van der Waals surface area contributed by atoms with Gasteiger partial charge in [0.05, 0.1) is 22.1 Å². The van der Waals surface area contributed by atoms with Crippen molar-refractivity contribution < 1.29 is 0 Å². The van der Waals surface area contributed by atoms with Crippen molar-refractivity contribution in [1.82, 2.24) is 9.13 Å². The number of benzene rings is 12. The minimum absolute atomic E-state index is 1.15. The van der Waals surface area contributed by atoms with Crippen LogP contribution in [0.25, 0.3) is 132 Å². The summed E-state index contributed by atoms with van der Waals surface area (Å²) in [5.41, 5.74) is 16.8. The number of nitrogens with zero attached hydrogens (tertiary/aromatic N) is 2. The molecule has 0 saturated heterocycles. The first-order chi connectivity index (χ1) is 33.8. The topological polar surface area (TPSA) is 9.86 Å². The zero-order valence-electron chi connectivity index (χ0n) is 37.1. The summed E-state index contributed by atoms with van der Waals surface area (Å²) in [4.78, 5) is 0. The van der Waals surface area contributed by atoms with Crippen molar-refractivity contribution >= 4 is 75.9 Å². The lowest BCUT2D eigenvalue weighted by atomic mass is 9.82. The molecule has 14 rings (SSSR count). The average molecular weight is 863 g/mol. The van der Waals surface area contributed by atoms with Gasteiger partial charge in [-0.05, 0) is 144 Å². The molecule has 0 aliphatic rings. The monoisotopic (exact) mass is 862 g/mol. The maximum Gasteiger partial charge on any atom is 0.0547 e. The molecular weight excluding hydrogens is 821 g/mol. The van der Waals surface area contributed by atoms with E-state index in [0.717, 1.165) is 11.4 Å². The van der Waals surface area contributed by atoms with E-state index in [1.54, 1.807) is 0 Å². The molecule has 14 aromatic rings. The van der Waals surface area contributed by atoms with Gasteiger partial charge in [-0.15, -0.1) is 0 Å². The lowest BCUT2D eigenvalue weighted by molar-refractivity contribution is 1.18. The minimum atomic E-state index is 1.15. The summed E-state index contributed by atoms with van der Waals surface area (Å²) in [6.07, 6.45) is 0. The fourth-order valence-electron chi connectivity index (χ4n) is 11.4. The number of fused-ring (bicyclic) bond motifs is 9. The summed E-state index contributed by atoms with van der Waals surface area (Å²) in [6, 6.07) is 94.0. The third-order valence-electron chi connectivity index (χ3n) is 14.3. The molecule has 0 aliphatic heterocycles. The van der Waals surface area contributed by atoms with E-state index in [4.69, 9.17) is 0 Å². The lowest BCUT2D eigenvalue weighted by Crippen LogP contribution is -1.94. The van der Waals surface area contributed by atoms with Gasteiger partial charge in [-0.1, -0.05) is 188 Å². The Kier molecular flexibility index (Phi) is 8.62. The summed E-state index contributed by atoms with van der Waals surface area (Å²) in [5.74, 6) is 0. The summed E-state index contributed by atoms with van der Waals surface area (Å²) in [5, 5.41) is 12.3. The lowest BCUT2D eigenvalue weighted by Gasteiger charge is -2.20. The summed E-state index contributed by atoms with van der Waals surface area (Å²) < 4.78 is 4.85. The van der Waals surface area contributed by atoms with E-state index in [0.29, 0.717) is 0 Å². The van der Waals surface area contributed by atoms with Crippen LogP contribution in [0.1, 0.15) is 0 Å². The van der Waals surface area contributed by atoms with Crippen LogP contribution in [0.2, 0.25) is 0 Å². The van der Waals surface area contributed by atoms with E-state index in [-0.39, 0.29) is 0 Å². The van der Waals surface area contributed by atoms with Gasteiger partial charge in [0, 0.05) is 32.9 Å². The summed E-state index contributed by atoms with van der Waals surface area (Å²) in [7, 11) is 0. The van der Waals surface area contributed by atoms with Gasteiger partial charge in [-0.25, -0.2) is 0 Å². The van der Waals surface area contributed by atoms with E-state index in [2.05, 4.69) is 264 Å². The van der Waals surface area contributed by atoms with Gasteiger partial charge in [-0.3, -0.25) is 0 Å². The fourth-order valence-corrected chi connectivity index (χ4v) is 11.4. The van der Waals surface area contributed by atoms with Crippen LogP contribution < -0.4 is 0 Å². The summed E-state index contributed by atoms with van der Waals surface area (Å²) >= 11 is 0. The second kappa shape index (κ2) is 15.3. The van der Waals surface area contributed by atoms with Gasteiger partial charge < -0.3 is 9.13 Å². The molecule has 12 aromatic carbocycles. The molecule has 0 N–H and O–H groups in total. The first-order valence-electron chi connectivity index (χ1n) is 23.5. The predicted octanol–water partition coefficient (Wildman–Crippen LogP) is 18.0. The minimum Gasteiger partial charge on any atom is -0.309 e.